The Bertz CT molecular complexity index is 327. The summed E-state index contributed by atoms with van der Waals surface area (Å²) in [6.07, 6.45) is 1.96. The van der Waals surface area contributed by atoms with Crippen molar-refractivity contribution >= 4 is 21.7 Å². The van der Waals surface area contributed by atoms with Gasteiger partial charge in [-0.15, -0.1) is 0 Å². The molecule has 0 radical (unpaired) electrons. The molecule has 0 spiro atoms. The Morgan fingerprint density at radius 2 is 2.21 bits per heavy atom. The summed E-state index contributed by atoms with van der Waals surface area (Å²) in [4.78, 5) is 15.7. The van der Waals surface area contributed by atoms with E-state index in [1.165, 1.54) is 0 Å². The van der Waals surface area contributed by atoms with Crippen molar-refractivity contribution in [1.82, 2.24) is 4.98 Å². The average molecular weight is 257 g/mol. The maximum absolute atomic E-state index is 11.5. The molecule has 0 amide bonds. The van der Waals surface area contributed by atoms with Crippen molar-refractivity contribution in [2.24, 2.45) is 5.73 Å². The number of halogens is 1. The highest BCUT2D eigenvalue weighted by Gasteiger charge is 2.21. The molecule has 1 rings (SSSR count). The van der Waals surface area contributed by atoms with E-state index < -0.39 is 5.54 Å². The number of hydrogen-bond acceptors (Lipinski definition) is 3. The number of ketones is 1. The van der Waals surface area contributed by atoms with Gasteiger partial charge in [-0.2, -0.15) is 0 Å². The molecule has 0 aliphatic rings. The largest absolute Gasteiger partial charge is 0.319 e. The van der Waals surface area contributed by atoms with E-state index in [1.807, 2.05) is 12.1 Å². The summed E-state index contributed by atoms with van der Waals surface area (Å²) in [7, 11) is 0. The Balaban J connectivity index is 2.71. The fourth-order valence-corrected chi connectivity index (χ4v) is 1.14. The summed E-state index contributed by atoms with van der Waals surface area (Å²) in [6.45, 7) is 3.41. The van der Waals surface area contributed by atoms with Crippen molar-refractivity contribution < 1.29 is 4.79 Å². The summed E-state index contributed by atoms with van der Waals surface area (Å²) in [5.74, 6) is -0.00711. The lowest BCUT2D eigenvalue weighted by molar-refractivity contribution is -0.122. The lowest BCUT2D eigenvalue weighted by atomic mass is 9.97. The van der Waals surface area contributed by atoms with Gasteiger partial charge in [-0.25, -0.2) is 0 Å². The van der Waals surface area contributed by atoms with Crippen LogP contribution in [0.5, 0.6) is 0 Å². The van der Waals surface area contributed by atoms with Crippen LogP contribution < -0.4 is 5.73 Å². The number of carbonyl (C=O) groups excluding carboxylic acids is 1. The summed E-state index contributed by atoms with van der Waals surface area (Å²) < 4.78 is 0.903. The predicted molar refractivity (Wildman–Crippen MR) is 58.9 cm³/mol. The molecule has 76 valence electrons. The molecular weight excluding hydrogens is 244 g/mol. The fourth-order valence-electron chi connectivity index (χ4n) is 0.903. The van der Waals surface area contributed by atoms with E-state index in [9.17, 15) is 4.79 Å². The maximum Gasteiger partial charge on any atom is 0.158 e. The minimum Gasteiger partial charge on any atom is -0.319 e. The van der Waals surface area contributed by atoms with E-state index in [-0.39, 0.29) is 12.2 Å². The van der Waals surface area contributed by atoms with Crippen LogP contribution in [0.25, 0.3) is 0 Å². The quantitative estimate of drug-likeness (QED) is 0.896. The van der Waals surface area contributed by atoms with Crippen LogP contribution in [-0.2, 0) is 11.2 Å². The molecule has 0 bridgehead atoms. The third-order valence-corrected chi connectivity index (χ3v) is 2.32. The van der Waals surface area contributed by atoms with Crippen LogP contribution in [0.3, 0.4) is 0 Å². The third-order valence-electron chi connectivity index (χ3n) is 1.85. The number of Topliss-reactive ketones (excluding diaryl/α,β-unsaturated/α-hetero) is 1. The molecule has 14 heavy (non-hydrogen) atoms. The topological polar surface area (TPSA) is 56.0 Å². The number of hydrogen-bond donors (Lipinski definition) is 1. The highest BCUT2D eigenvalue weighted by Crippen LogP contribution is 2.10. The number of nitrogens with two attached hydrogens (primary N) is 1. The molecule has 0 aliphatic heterocycles. The van der Waals surface area contributed by atoms with Gasteiger partial charge in [-0.05, 0) is 41.9 Å². The molecule has 0 unspecified atom stereocenters. The average Bonchev–Trinajstić information content (AvgIpc) is 2.07. The number of nitrogens with zero attached hydrogens (tertiary/aromatic N) is 1. The normalized spacial score (nSPS) is 11.4. The lowest BCUT2D eigenvalue weighted by Crippen LogP contribution is -2.42. The molecule has 0 aliphatic carbocycles. The Morgan fingerprint density at radius 1 is 1.57 bits per heavy atom. The van der Waals surface area contributed by atoms with Gasteiger partial charge in [0.15, 0.2) is 5.78 Å². The first-order valence-corrected chi connectivity index (χ1v) is 5.11. The Morgan fingerprint density at radius 3 is 2.64 bits per heavy atom. The molecule has 0 fully saturated rings. The van der Waals surface area contributed by atoms with Crippen molar-refractivity contribution in [1.29, 1.82) is 0 Å². The first-order valence-electron chi connectivity index (χ1n) is 4.32. The van der Waals surface area contributed by atoms with E-state index in [4.69, 9.17) is 5.73 Å². The molecule has 4 heteroatoms. The van der Waals surface area contributed by atoms with E-state index in [1.54, 1.807) is 20.0 Å². The molecular formula is C10H13BrN2O. The molecule has 0 saturated heterocycles. The van der Waals surface area contributed by atoms with Gasteiger partial charge in [0.2, 0.25) is 0 Å². The van der Waals surface area contributed by atoms with Gasteiger partial charge in [0.1, 0.15) is 0 Å². The van der Waals surface area contributed by atoms with Crippen LogP contribution in [0.15, 0.2) is 22.8 Å². The zero-order valence-electron chi connectivity index (χ0n) is 8.25. The Hall–Kier alpha value is -0.740. The van der Waals surface area contributed by atoms with Gasteiger partial charge in [-0.3, -0.25) is 9.78 Å². The van der Waals surface area contributed by atoms with Crippen LogP contribution in [0.4, 0.5) is 0 Å². The van der Waals surface area contributed by atoms with Gasteiger partial charge in [0.05, 0.1) is 12.0 Å². The minimum absolute atomic E-state index is 0.00711. The van der Waals surface area contributed by atoms with E-state index >= 15 is 0 Å². The zero-order valence-corrected chi connectivity index (χ0v) is 9.84. The van der Waals surface area contributed by atoms with Gasteiger partial charge in [-0.1, -0.05) is 0 Å². The van der Waals surface area contributed by atoms with Gasteiger partial charge in [0.25, 0.3) is 0 Å². The van der Waals surface area contributed by atoms with Crippen molar-refractivity contribution in [2.45, 2.75) is 25.8 Å². The second-order valence-corrected chi connectivity index (χ2v) is 4.71. The van der Waals surface area contributed by atoms with E-state index in [0.29, 0.717) is 0 Å². The number of carbonyl (C=O) groups is 1. The number of aromatic nitrogens is 1. The SMILES string of the molecule is CC(C)(N)C(=O)Cc1ccc(Br)cn1. The van der Waals surface area contributed by atoms with Gasteiger partial charge in [0, 0.05) is 16.4 Å². The smallest absolute Gasteiger partial charge is 0.158 e. The number of pyridine rings is 1. The Labute approximate surface area is 91.8 Å². The molecule has 1 heterocycles. The second-order valence-electron chi connectivity index (χ2n) is 3.79. The zero-order chi connectivity index (χ0) is 10.8. The standard InChI is InChI=1S/C10H13BrN2O/c1-10(2,12)9(14)5-8-4-3-7(11)6-13-8/h3-4,6H,5,12H2,1-2H3. The molecule has 0 saturated carbocycles. The van der Waals surface area contributed by atoms with E-state index in [0.717, 1.165) is 10.2 Å². The molecule has 0 aromatic carbocycles. The fraction of sp³-hybridized carbons (Fsp3) is 0.400. The predicted octanol–water partition coefficient (Wildman–Crippen LogP) is 1.69. The van der Waals surface area contributed by atoms with Crippen LogP contribution in [0.2, 0.25) is 0 Å². The van der Waals surface area contributed by atoms with Crippen LogP contribution in [-0.4, -0.2) is 16.3 Å². The lowest BCUT2D eigenvalue weighted by Gasteiger charge is -2.16. The van der Waals surface area contributed by atoms with Crippen molar-refractivity contribution in [3.05, 3.63) is 28.5 Å². The highest BCUT2D eigenvalue weighted by molar-refractivity contribution is 9.10. The summed E-state index contributed by atoms with van der Waals surface area (Å²) in [6, 6.07) is 3.67. The first-order chi connectivity index (χ1) is 6.39. The molecule has 2 N–H and O–H groups in total. The van der Waals surface area contributed by atoms with Gasteiger partial charge >= 0.3 is 0 Å². The van der Waals surface area contributed by atoms with E-state index in [2.05, 4.69) is 20.9 Å². The van der Waals surface area contributed by atoms with Crippen LogP contribution >= 0.6 is 15.9 Å². The second kappa shape index (κ2) is 4.19. The Kier molecular flexibility index (Phi) is 3.39. The summed E-state index contributed by atoms with van der Waals surface area (Å²) in [5, 5.41) is 0. The van der Waals surface area contributed by atoms with Crippen molar-refractivity contribution in [3.63, 3.8) is 0 Å². The minimum atomic E-state index is -0.783. The number of rotatable bonds is 3. The summed E-state index contributed by atoms with van der Waals surface area (Å²) in [5.41, 5.74) is 5.63. The van der Waals surface area contributed by atoms with Crippen LogP contribution in [0, 0.1) is 0 Å². The molecule has 3 nitrogen and oxygen atoms in total. The van der Waals surface area contributed by atoms with Crippen LogP contribution in [0.1, 0.15) is 19.5 Å². The van der Waals surface area contributed by atoms with Crippen molar-refractivity contribution in [2.75, 3.05) is 0 Å². The monoisotopic (exact) mass is 256 g/mol. The maximum atomic E-state index is 11.5. The molecule has 0 atom stereocenters. The van der Waals surface area contributed by atoms with Crippen molar-refractivity contribution in [3.8, 4) is 0 Å². The highest BCUT2D eigenvalue weighted by atomic mass is 79.9. The third kappa shape index (κ3) is 3.20. The summed E-state index contributed by atoms with van der Waals surface area (Å²) >= 11 is 3.28. The molecule has 1 aromatic rings. The van der Waals surface area contributed by atoms with Gasteiger partial charge < -0.3 is 5.73 Å². The first kappa shape index (κ1) is 11.3. The molecule has 1 aromatic heterocycles.